The molecule has 10 heteroatoms. The number of anilines is 1. The number of benzene rings is 1. The molecule has 3 fully saturated rings. The summed E-state index contributed by atoms with van der Waals surface area (Å²) < 4.78 is 5.46. The van der Waals surface area contributed by atoms with E-state index in [2.05, 4.69) is 64.6 Å². The molecular weight excluding hydrogens is 536 g/mol. The predicted octanol–water partition coefficient (Wildman–Crippen LogP) is 4.76. The maximum atomic E-state index is 12.4. The van der Waals surface area contributed by atoms with Gasteiger partial charge in [0.15, 0.2) is 5.82 Å². The molecule has 0 saturated carbocycles. The Hall–Kier alpha value is -3.24. The van der Waals surface area contributed by atoms with Gasteiger partial charge in [0.25, 0.3) is 0 Å². The Morgan fingerprint density at radius 2 is 1.93 bits per heavy atom. The predicted molar refractivity (Wildman–Crippen MR) is 162 cm³/mol. The van der Waals surface area contributed by atoms with Gasteiger partial charge in [-0.1, -0.05) is 50.2 Å². The number of likely N-dealkylation sites (tertiary alicyclic amines) is 1. The Morgan fingerprint density at radius 1 is 1.20 bits per heavy atom. The van der Waals surface area contributed by atoms with Gasteiger partial charge in [-0.25, -0.2) is 4.98 Å². The van der Waals surface area contributed by atoms with Crippen LogP contribution < -0.4 is 15.5 Å². The summed E-state index contributed by atoms with van der Waals surface area (Å²) in [5.74, 6) is 2.99. The summed E-state index contributed by atoms with van der Waals surface area (Å²) in [6.45, 7) is 15.8. The van der Waals surface area contributed by atoms with Crippen molar-refractivity contribution in [1.82, 2.24) is 25.7 Å². The van der Waals surface area contributed by atoms with Crippen LogP contribution in [0.2, 0.25) is 0 Å². The van der Waals surface area contributed by atoms with Crippen LogP contribution >= 0.6 is 11.3 Å². The van der Waals surface area contributed by atoms with Crippen molar-refractivity contribution in [2.75, 3.05) is 37.6 Å². The zero-order valence-electron chi connectivity index (χ0n) is 24.7. The lowest BCUT2D eigenvalue weighted by atomic mass is 9.74. The minimum Gasteiger partial charge on any atom is -0.359 e. The molecule has 9 nitrogen and oxygen atoms in total. The van der Waals surface area contributed by atoms with E-state index in [4.69, 9.17) is 4.52 Å². The number of amides is 2. The first-order chi connectivity index (χ1) is 19.7. The van der Waals surface area contributed by atoms with Gasteiger partial charge in [0.05, 0.1) is 22.1 Å². The lowest BCUT2D eigenvalue weighted by Gasteiger charge is -2.56. The fourth-order valence-electron chi connectivity index (χ4n) is 5.69. The smallest absolute Gasteiger partial charge is 0.243 e. The van der Waals surface area contributed by atoms with Crippen LogP contribution in [0.1, 0.15) is 69.5 Å². The third-order valence-corrected chi connectivity index (χ3v) is 9.83. The Labute approximate surface area is 246 Å². The van der Waals surface area contributed by atoms with Gasteiger partial charge >= 0.3 is 0 Å². The number of carbonyl (C=O) groups excluding carboxylic acids is 2. The van der Waals surface area contributed by atoms with Crippen LogP contribution in [0.15, 0.2) is 40.4 Å². The fraction of sp³-hybridized carbons (Fsp3) is 0.548. The molecule has 3 aliphatic heterocycles. The van der Waals surface area contributed by atoms with E-state index in [0.29, 0.717) is 23.8 Å². The average Bonchev–Trinajstić information content (AvgIpc) is 3.68. The number of nitrogens with one attached hydrogen (secondary N) is 2. The largest absolute Gasteiger partial charge is 0.359 e. The molecule has 3 unspecified atom stereocenters. The molecule has 3 atom stereocenters. The molecule has 220 valence electrons. The Balaban J connectivity index is 0.000000174. The summed E-state index contributed by atoms with van der Waals surface area (Å²) in [4.78, 5) is 32.7. The van der Waals surface area contributed by atoms with E-state index in [-0.39, 0.29) is 18.0 Å². The molecule has 6 rings (SSSR count). The van der Waals surface area contributed by atoms with Gasteiger partial charge in [0, 0.05) is 50.1 Å². The number of aromatic nitrogens is 2. The summed E-state index contributed by atoms with van der Waals surface area (Å²) in [5.41, 5.74) is 5.61. The molecular formula is C31H42N6O3S. The second kappa shape index (κ2) is 12.3. The standard InChI is InChI=1S/C18H21N3O2S.C13H21N3O/c1-12(20-18(23)16-4-3-9-21(16)11-22)14-5-7-15(8-6-14)17-13(2)19-10-24-17;1-9(2)10(3)11-4-12(15-17-11)16-7-13(8-16)5-14-6-13/h5-8,10-12,16H,3-4,9H2,1-2H3,(H,20,23);4,9-10,14H,5-8H2,1-3H3. The maximum absolute atomic E-state index is 12.4. The van der Waals surface area contributed by atoms with Crippen LogP contribution in [0, 0.1) is 18.3 Å². The quantitative estimate of drug-likeness (QED) is 0.372. The summed E-state index contributed by atoms with van der Waals surface area (Å²) in [6.07, 6.45) is 2.39. The highest BCUT2D eigenvalue weighted by Crippen LogP contribution is 2.38. The van der Waals surface area contributed by atoms with Crippen LogP contribution in [0.5, 0.6) is 0 Å². The van der Waals surface area contributed by atoms with E-state index < -0.39 is 0 Å². The number of thiazole rings is 1. The van der Waals surface area contributed by atoms with Gasteiger partial charge in [-0.05, 0) is 43.7 Å². The number of nitrogens with zero attached hydrogens (tertiary/aromatic N) is 4. The number of hydrogen-bond donors (Lipinski definition) is 2. The minimum absolute atomic E-state index is 0.0746. The maximum Gasteiger partial charge on any atom is 0.243 e. The second-order valence-electron chi connectivity index (χ2n) is 12.2. The van der Waals surface area contributed by atoms with Crippen molar-refractivity contribution in [3.63, 3.8) is 0 Å². The van der Waals surface area contributed by atoms with Crippen LogP contribution in [0.4, 0.5) is 5.82 Å². The lowest BCUT2D eigenvalue weighted by Crippen LogP contribution is -2.71. The lowest BCUT2D eigenvalue weighted by molar-refractivity contribution is -0.131. The normalized spacial score (nSPS) is 20.6. The number of carbonyl (C=O) groups is 2. The average molecular weight is 579 g/mol. The SMILES string of the molecule is CC(C)C(C)c1cc(N2CC3(CNC3)C2)no1.Cc1ncsc1-c1ccc(C(C)NC(=O)C2CCCN2C=O)cc1. The molecule has 3 aliphatic rings. The van der Waals surface area contributed by atoms with Gasteiger partial charge in [-0.15, -0.1) is 11.3 Å². The summed E-state index contributed by atoms with van der Waals surface area (Å²) in [7, 11) is 0. The summed E-state index contributed by atoms with van der Waals surface area (Å²) >= 11 is 1.63. The van der Waals surface area contributed by atoms with Crippen LogP contribution in [-0.2, 0) is 9.59 Å². The zero-order chi connectivity index (χ0) is 29.1. The molecule has 2 N–H and O–H groups in total. The molecule has 41 heavy (non-hydrogen) atoms. The summed E-state index contributed by atoms with van der Waals surface area (Å²) in [5, 5.41) is 10.6. The topological polar surface area (TPSA) is 104 Å². The van der Waals surface area contributed by atoms with Crippen molar-refractivity contribution in [1.29, 1.82) is 0 Å². The van der Waals surface area contributed by atoms with Crippen molar-refractivity contribution in [2.45, 2.75) is 65.5 Å². The van der Waals surface area contributed by atoms with Gasteiger partial charge in [0.2, 0.25) is 12.3 Å². The highest BCUT2D eigenvalue weighted by Gasteiger charge is 2.48. The molecule has 0 radical (unpaired) electrons. The molecule has 5 heterocycles. The minimum atomic E-state index is -0.330. The Bertz CT molecular complexity index is 1320. The fourth-order valence-corrected chi connectivity index (χ4v) is 6.50. The van der Waals surface area contributed by atoms with Gasteiger partial charge in [-0.2, -0.15) is 0 Å². The third-order valence-electron chi connectivity index (χ3n) is 8.85. The van der Waals surface area contributed by atoms with Gasteiger partial charge in [0.1, 0.15) is 11.8 Å². The molecule has 3 aromatic rings. The van der Waals surface area contributed by atoms with Crippen LogP contribution in [0.3, 0.4) is 0 Å². The van der Waals surface area contributed by atoms with Gasteiger partial charge < -0.3 is 25.0 Å². The van der Waals surface area contributed by atoms with E-state index >= 15 is 0 Å². The number of aryl methyl sites for hydroxylation is 1. The number of rotatable bonds is 8. The van der Waals surface area contributed by atoms with Crippen molar-refractivity contribution >= 4 is 29.5 Å². The van der Waals surface area contributed by atoms with E-state index in [9.17, 15) is 9.59 Å². The number of hydrogen-bond acceptors (Lipinski definition) is 8. The van der Waals surface area contributed by atoms with Crippen LogP contribution in [0.25, 0.3) is 10.4 Å². The molecule has 0 aliphatic carbocycles. The first-order valence-corrected chi connectivity index (χ1v) is 15.5. The Morgan fingerprint density at radius 3 is 2.51 bits per heavy atom. The van der Waals surface area contributed by atoms with Crippen molar-refractivity contribution in [3.8, 4) is 10.4 Å². The molecule has 3 saturated heterocycles. The van der Waals surface area contributed by atoms with Crippen LogP contribution in [-0.4, -0.2) is 66.1 Å². The van der Waals surface area contributed by atoms with E-state index in [0.717, 1.165) is 73.8 Å². The Kier molecular flexibility index (Phi) is 8.79. The van der Waals surface area contributed by atoms with Crippen molar-refractivity contribution in [3.05, 3.63) is 52.9 Å². The first kappa shape index (κ1) is 29.3. The zero-order valence-corrected chi connectivity index (χ0v) is 25.5. The van der Waals surface area contributed by atoms with Gasteiger partial charge in [-0.3, -0.25) is 9.59 Å². The summed E-state index contributed by atoms with van der Waals surface area (Å²) in [6, 6.07) is 9.88. The third kappa shape index (κ3) is 6.33. The second-order valence-corrected chi connectivity index (χ2v) is 13.1. The van der Waals surface area contributed by atoms with Crippen molar-refractivity contribution in [2.24, 2.45) is 11.3 Å². The molecule has 2 aromatic heterocycles. The van der Waals surface area contributed by atoms with E-state index in [1.807, 2.05) is 31.5 Å². The first-order valence-electron chi connectivity index (χ1n) is 14.6. The molecule has 2 amide bonds. The molecule has 0 bridgehead atoms. The molecule has 1 aromatic carbocycles. The monoisotopic (exact) mass is 578 g/mol. The highest BCUT2D eigenvalue weighted by molar-refractivity contribution is 7.13. The van der Waals surface area contributed by atoms with E-state index in [1.54, 1.807) is 16.2 Å². The van der Waals surface area contributed by atoms with Crippen molar-refractivity contribution < 1.29 is 14.1 Å². The molecule has 1 spiro atoms. The highest BCUT2D eigenvalue weighted by atomic mass is 32.1. The van der Waals surface area contributed by atoms with E-state index in [1.165, 1.54) is 4.88 Å².